The zero-order valence-corrected chi connectivity index (χ0v) is 11.4. The Labute approximate surface area is 113 Å². The fourth-order valence-electron chi connectivity index (χ4n) is 1.42. The smallest absolute Gasteiger partial charge is 0.119 e. The highest BCUT2D eigenvalue weighted by atomic mass is 16.3. The normalized spacial score (nSPS) is 9.42. The Bertz CT molecular complexity index is 563. The van der Waals surface area contributed by atoms with Crippen LogP contribution in [0.25, 0.3) is 6.08 Å². The van der Waals surface area contributed by atoms with Crippen molar-refractivity contribution < 1.29 is 10.2 Å². The van der Waals surface area contributed by atoms with Gasteiger partial charge in [0.15, 0.2) is 0 Å². The highest BCUT2D eigenvalue weighted by Crippen LogP contribution is 2.14. The van der Waals surface area contributed by atoms with Crippen LogP contribution in [0.2, 0.25) is 0 Å². The third-order valence-corrected chi connectivity index (χ3v) is 2.54. The van der Waals surface area contributed by atoms with Crippen LogP contribution in [0.15, 0.2) is 30.8 Å². The molecule has 0 fully saturated rings. The van der Waals surface area contributed by atoms with Gasteiger partial charge in [0.2, 0.25) is 0 Å². The minimum atomic E-state index is 0.0880. The summed E-state index contributed by atoms with van der Waals surface area (Å²) in [5.74, 6) is 0.176. The Hall–Kier alpha value is -2.36. The van der Waals surface area contributed by atoms with Crippen molar-refractivity contribution in [2.75, 3.05) is 0 Å². The number of aryl methyl sites for hydroxylation is 3. The summed E-state index contributed by atoms with van der Waals surface area (Å²) in [6.07, 6.45) is 1.73. The van der Waals surface area contributed by atoms with E-state index < -0.39 is 0 Å². The molecule has 0 radical (unpaired) electrons. The maximum atomic E-state index is 8.65. The van der Waals surface area contributed by atoms with E-state index in [1.54, 1.807) is 12.1 Å². The number of phenols is 2. The molecule has 0 unspecified atom stereocenters. The summed E-state index contributed by atoms with van der Waals surface area (Å²) < 4.78 is 0. The Morgan fingerprint density at radius 3 is 1.89 bits per heavy atom. The molecule has 4 nitrogen and oxygen atoms in total. The lowest BCUT2D eigenvalue weighted by molar-refractivity contribution is 0.450. The maximum absolute atomic E-state index is 8.65. The van der Waals surface area contributed by atoms with Gasteiger partial charge in [0, 0.05) is 6.07 Å². The lowest BCUT2D eigenvalue weighted by Gasteiger charge is -2.02. The first-order valence-electron chi connectivity index (χ1n) is 5.86. The van der Waals surface area contributed by atoms with E-state index in [0.29, 0.717) is 0 Å². The minimum absolute atomic E-state index is 0.0880. The first-order valence-corrected chi connectivity index (χ1v) is 5.86. The van der Waals surface area contributed by atoms with Crippen LogP contribution in [0.4, 0.5) is 0 Å². The lowest BCUT2D eigenvalue weighted by atomic mass is 10.2. The number of phenolic OH excluding ortho intramolecular Hbond substituents is 2. The van der Waals surface area contributed by atoms with Crippen molar-refractivity contribution in [1.82, 2.24) is 9.97 Å². The summed E-state index contributed by atoms with van der Waals surface area (Å²) in [5.41, 5.74) is 3.80. The molecule has 0 aliphatic heterocycles. The molecule has 1 aromatic heterocycles. The molecule has 0 bridgehead atoms. The third kappa shape index (κ3) is 4.43. The molecule has 0 spiro atoms. The molecule has 0 saturated heterocycles. The number of hydrogen-bond acceptors (Lipinski definition) is 4. The topological polar surface area (TPSA) is 66.2 Å². The fraction of sp³-hybridized carbons (Fsp3) is 0.200. The van der Waals surface area contributed by atoms with E-state index in [1.807, 2.05) is 20.8 Å². The molecule has 0 aliphatic carbocycles. The van der Waals surface area contributed by atoms with Crippen molar-refractivity contribution in [2.24, 2.45) is 0 Å². The highest BCUT2D eigenvalue weighted by Gasteiger charge is 2.00. The Morgan fingerprint density at radius 2 is 1.47 bits per heavy atom. The van der Waals surface area contributed by atoms with E-state index in [4.69, 9.17) is 10.2 Å². The third-order valence-electron chi connectivity index (χ3n) is 2.54. The van der Waals surface area contributed by atoms with Gasteiger partial charge in [-0.25, -0.2) is 4.98 Å². The van der Waals surface area contributed by atoms with Crippen LogP contribution in [0.3, 0.4) is 0 Å². The lowest BCUT2D eigenvalue weighted by Crippen LogP contribution is -1.97. The van der Waals surface area contributed by atoms with Crippen LogP contribution in [0.1, 0.15) is 22.8 Å². The minimum Gasteiger partial charge on any atom is -0.508 e. The molecule has 4 heteroatoms. The quantitative estimate of drug-likeness (QED) is 0.824. The van der Waals surface area contributed by atoms with Crippen LogP contribution in [-0.4, -0.2) is 20.2 Å². The van der Waals surface area contributed by atoms with E-state index >= 15 is 0 Å². The van der Waals surface area contributed by atoms with Crippen molar-refractivity contribution in [3.8, 4) is 11.5 Å². The Balaban J connectivity index is 0.000000200. The molecule has 2 aromatic rings. The fourth-order valence-corrected chi connectivity index (χ4v) is 1.42. The second-order valence-corrected chi connectivity index (χ2v) is 4.09. The number of aromatic hydroxyl groups is 2. The van der Waals surface area contributed by atoms with Crippen LogP contribution in [-0.2, 0) is 0 Å². The van der Waals surface area contributed by atoms with Crippen molar-refractivity contribution in [3.05, 3.63) is 53.6 Å². The van der Waals surface area contributed by atoms with Gasteiger partial charge >= 0.3 is 0 Å². The number of rotatable bonds is 1. The molecule has 0 atom stereocenters. The Morgan fingerprint density at radius 1 is 0.947 bits per heavy atom. The second kappa shape index (κ2) is 6.54. The van der Waals surface area contributed by atoms with Crippen LogP contribution in [0.5, 0.6) is 11.5 Å². The monoisotopic (exact) mass is 258 g/mol. The molecule has 1 heterocycles. The predicted molar refractivity (Wildman–Crippen MR) is 76.1 cm³/mol. The van der Waals surface area contributed by atoms with Crippen LogP contribution < -0.4 is 0 Å². The summed E-state index contributed by atoms with van der Waals surface area (Å²) in [5, 5.41) is 17.3. The zero-order chi connectivity index (χ0) is 14.4. The predicted octanol–water partition coefficient (Wildman–Crippen LogP) is 3.14. The summed E-state index contributed by atoms with van der Waals surface area (Å²) in [7, 11) is 0. The molecular weight excluding hydrogens is 240 g/mol. The van der Waals surface area contributed by atoms with Gasteiger partial charge in [0.25, 0.3) is 0 Å². The molecule has 2 N–H and O–H groups in total. The van der Waals surface area contributed by atoms with Gasteiger partial charge in [-0.2, -0.15) is 0 Å². The maximum Gasteiger partial charge on any atom is 0.119 e. The molecular formula is C15H18N2O2. The van der Waals surface area contributed by atoms with Crippen LogP contribution >= 0.6 is 0 Å². The number of aromatic nitrogens is 2. The second-order valence-electron chi connectivity index (χ2n) is 4.09. The van der Waals surface area contributed by atoms with Gasteiger partial charge in [0.1, 0.15) is 11.5 Å². The summed E-state index contributed by atoms with van der Waals surface area (Å²) in [4.78, 5) is 8.62. The van der Waals surface area contributed by atoms with Crippen molar-refractivity contribution >= 4 is 6.08 Å². The van der Waals surface area contributed by atoms with E-state index in [-0.39, 0.29) is 11.5 Å². The van der Waals surface area contributed by atoms with Crippen molar-refractivity contribution in [1.29, 1.82) is 0 Å². The SMILES string of the molecule is C=Cc1nc(C)c(C)nc1C.Oc1cccc(O)c1. The number of benzene rings is 1. The summed E-state index contributed by atoms with van der Waals surface area (Å²) in [6.45, 7) is 9.51. The first kappa shape index (κ1) is 14.7. The average Bonchev–Trinajstić information content (AvgIpc) is 2.34. The molecule has 19 heavy (non-hydrogen) atoms. The molecule has 0 saturated carbocycles. The van der Waals surface area contributed by atoms with E-state index in [9.17, 15) is 0 Å². The van der Waals surface area contributed by atoms with E-state index in [2.05, 4.69) is 16.5 Å². The van der Waals surface area contributed by atoms with E-state index in [1.165, 1.54) is 18.2 Å². The molecule has 2 rings (SSSR count). The van der Waals surface area contributed by atoms with Crippen LogP contribution in [0, 0.1) is 20.8 Å². The largest absolute Gasteiger partial charge is 0.508 e. The van der Waals surface area contributed by atoms with Crippen molar-refractivity contribution in [3.63, 3.8) is 0 Å². The van der Waals surface area contributed by atoms with Gasteiger partial charge in [-0.05, 0) is 39.0 Å². The summed E-state index contributed by atoms with van der Waals surface area (Å²) in [6, 6.07) is 5.85. The molecule has 1 aromatic carbocycles. The van der Waals surface area contributed by atoms with Gasteiger partial charge < -0.3 is 10.2 Å². The van der Waals surface area contributed by atoms with Gasteiger partial charge in [-0.15, -0.1) is 0 Å². The Kier molecular flexibility index (Phi) is 5.06. The number of nitrogens with zero attached hydrogens (tertiary/aromatic N) is 2. The molecule has 100 valence electrons. The van der Waals surface area contributed by atoms with Gasteiger partial charge in [-0.1, -0.05) is 12.6 Å². The summed E-state index contributed by atoms with van der Waals surface area (Å²) >= 11 is 0. The van der Waals surface area contributed by atoms with E-state index in [0.717, 1.165) is 22.8 Å². The van der Waals surface area contributed by atoms with Gasteiger partial charge in [-0.3, -0.25) is 4.98 Å². The van der Waals surface area contributed by atoms with Crippen molar-refractivity contribution in [2.45, 2.75) is 20.8 Å². The van der Waals surface area contributed by atoms with Gasteiger partial charge in [0.05, 0.1) is 22.8 Å². The molecule has 0 aliphatic rings. The first-order chi connectivity index (χ1) is 8.93. The average molecular weight is 258 g/mol. The number of hydrogen-bond donors (Lipinski definition) is 2. The standard InChI is InChI=1S/C9H12N2.C6H6O2/c1-5-9-8(4)10-6(2)7(3)11-9;7-5-2-1-3-6(8)4-5/h5H,1H2,2-4H3;1-4,7-8H. The molecule has 0 amide bonds. The highest BCUT2D eigenvalue weighted by molar-refractivity contribution is 5.44. The zero-order valence-electron chi connectivity index (χ0n) is 11.4.